The van der Waals surface area contributed by atoms with Crippen LogP contribution < -0.4 is 0 Å². The standard InChI is InChI=1S/C17H14FN3O2/c18-13-5-3-11(4-6-13)16-20-17(23-21-16)14-7-9-22-15(14)12-2-1-8-19-10-12/h1-6,8,10,14-15H,7,9H2/t14-,15+/m0/s1. The highest BCUT2D eigenvalue weighted by atomic mass is 19.1. The number of hydrogen-bond donors (Lipinski definition) is 0. The van der Waals surface area contributed by atoms with Crippen molar-refractivity contribution < 1.29 is 13.7 Å². The maximum absolute atomic E-state index is 13.0. The molecule has 0 aliphatic carbocycles. The lowest BCUT2D eigenvalue weighted by molar-refractivity contribution is 0.0984. The van der Waals surface area contributed by atoms with E-state index in [0.29, 0.717) is 18.3 Å². The first-order chi connectivity index (χ1) is 11.3. The van der Waals surface area contributed by atoms with Gasteiger partial charge in [-0.2, -0.15) is 4.98 Å². The minimum atomic E-state index is -0.293. The predicted octanol–water partition coefficient (Wildman–Crippen LogP) is 3.52. The van der Waals surface area contributed by atoms with Gasteiger partial charge in [-0.25, -0.2) is 4.39 Å². The molecule has 2 aromatic heterocycles. The Kier molecular flexibility index (Phi) is 3.59. The summed E-state index contributed by atoms with van der Waals surface area (Å²) < 4.78 is 24.3. The molecule has 1 saturated heterocycles. The molecule has 0 N–H and O–H groups in total. The van der Waals surface area contributed by atoms with Crippen LogP contribution in [0, 0.1) is 5.82 Å². The van der Waals surface area contributed by atoms with E-state index in [1.165, 1.54) is 12.1 Å². The Hall–Kier alpha value is -2.60. The van der Waals surface area contributed by atoms with Crippen LogP contribution in [-0.2, 0) is 4.74 Å². The van der Waals surface area contributed by atoms with E-state index in [0.717, 1.165) is 17.5 Å². The smallest absolute Gasteiger partial charge is 0.233 e. The fraction of sp³-hybridized carbons (Fsp3) is 0.235. The van der Waals surface area contributed by atoms with Crippen molar-refractivity contribution in [1.29, 1.82) is 0 Å². The second kappa shape index (κ2) is 5.89. The highest BCUT2D eigenvalue weighted by Crippen LogP contribution is 2.41. The van der Waals surface area contributed by atoms with Gasteiger partial charge in [0, 0.05) is 24.6 Å². The van der Waals surface area contributed by atoms with Gasteiger partial charge in [0.25, 0.3) is 0 Å². The molecule has 5 nitrogen and oxygen atoms in total. The van der Waals surface area contributed by atoms with Crippen molar-refractivity contribution in [3.63, 3.8) is 0 Å². The van der Waals surface area contributed by atoms with Crippen molar-refractivity contribution in [3.8, 4) is 11.4 Å². The molecule has 0 saturated carbocycles. The molecular weight excluding hydrogens is 297 g/mol. The molecule has 1 aliphatic rings. The molecule has 1 fully saturated rings. The maximum Gasteiger partial charge on any atom is 0.233 e. The third-order valence-electron chi connectivity index (χ3n) is 3.97. The summed E-state index contributed by atoms with van der Waals surface area (Å²) >= 11 is 0. The summed E-state index contributed by atoms with van der Waals surface area (Å²) in [5.41, 5.74) is 1.72. The lowest BCUT2D eigenvalue weighted by atomic mass is 9.96. The summed E-state index contributed by atoms with van der Waals surface area (Å²) in [4.78, 5) is 8.60. The Balaban J connectivity index is 1.62. The molecule has 0 radical (unpaired) electrons. The summed E-state index contributed by atoms with van der Waals surface area (Å²) in [6.45, 7) is 0.637. The first kappa shape index (κ1) is 14.0. The van der Waals surface area contributed by atoms with Gasteiger partial charge >= 0.3 is 0 Å². The van der Waals surface area contributed by atoms with Crippen LogP contribution in [0.25, 0.3) is 11.4 Å². The van der Waals surface area contributed by atoms with E-state index >= 15 is 0 Å². The highest BCUT2D eigenvalue weighted by molar-refractivity contribution is 5.53. The van der Waals surface area contributed by atoms with Crippen molar-refractivity contribution in [3.05, 3.63) is 66.1 Å². The average Bonchev–Trinajstić information content (AvgIpc) is 3.25. The van der Waals surface area contributed by atoms with Crippen molar-refractivity contribution in [1.82, 2.24) is 15.1 Å². The number of benzene rings is 1. The van der Waals surface area contributed by atoms with Gasteiger partial charge in [0.05, 0.1) is 12.0 Å². The molecule has 0 spiro atoms. The van der Waals surface area contributed by atoms with Crippen LogP contribution in [0.15, 0.2) is 53.3 Å². The van der Waals surface area contributed by atoms with Gasteiger partial charge in [-0.3, -0.25) is 4.98 Å². The van der Waals surface area contributed by atoms with Gasteiger partial charge in [0.15, 0.2) is 0 Å². The molecule has 0 bridgehead atoms. The summed E-state index contributed by atoms with van der Waals surface area (Å²) in [5, 5.41) is 4.01. The van der Waals surface area contributed by atoms with Crippen LogP contribution in [0.3, 0.4) is 0 Å². The van der Waals surface area contributed by atoms with Crippen LogP contribution in [0.4, 0.5) is 4.39 Å². The first-order valence-corrected chi connectivity index (χ1v) is 7.42. The van der Waals surface area contributed by atoms with Gasteiger partial charge in [0.2, 0.25) is 11.7 Å². The van der Waals surface area contributed by atoms with Crippen molar-refractivity contribution >= 4 is 0 Å². The van der Waals surface area contributed by atoms with E-state index in [9.17, 15) is 4.39 Å². The Labute approximate surface area is 132 Å². The van der Waals surface area contributed by atoms with Crippen LogP contribution in [0.5, 0.6) is 0 Å². The number of halogens is 1. The molecule has 3 heterocycles. The largest absolute Gasteiger partial charge is 0.373 e. The Morgan fingerprint density at radius 3 is 2.78 bits per heavy atom. The average molecular weight is 311 g/mol. The fourth-order valence-corrected chi connectivity index (χ4v) is 2.82. The van der Waals surface area contributed by atoms with Gasteiger partial charge in [-0.05, 0) is 42.3 Å². The molecule has 0 amide bonds. The zero-order valence-corrected chi connectivity index (χ0v) is 12.2. The van der Waals surface area contributed by atoms with Crippen LogP contribution >= 0.6 is 0 Å². The Morgan fingerprint density at radius 1 is 1.13 bits per heavy atom. The van der Waals surface area contributed by atoms with E-state index in [2.05, 4.69) is 15.1 Å². The predicted molar refractivity (Wildman–Crippen MR) is 80.0 cm³/mol. The minimum Gasteiger partial charge on any atom is -0.373 e. The molecule has 1 aromatic carbocycles. The zero-order valence-electron chi connectivity index (χ0n) is 12.2. The number of rotatable bonds is 3. The van der Waals surface area contributed by atoms with E-state index in [4.69, 9.17) is 9.26 Å². The molecule has 6 heteroatoms. The zero-order chi connectivity index (χ0) is 15.6. The molecule has 3 aromatic rings. The quantitative estimate of drug-likeness (QED) is 0.740. The number of hydrogen-bond acceptors (Lipinski definition) is 5. The molecular formula is C17H14FN3O2. The van der Waals surface area contributed by atoms with Gasteiger partial charge in [0.1, 0.15) is 5.82 Å². The van der Waals surface area contributed by atoms with Crippen molar-refractivity contribution in [2.45, 2.75) is 18.4 Å². The van der Waals surface area contributed by atoms with Crippen LogP contribution in [0.1, 0.15) is 29.9 Å². The minimum absolute atomic E-state index is 0.000832. The number of nitrogens with zero attached hydrogens (tertiary/aromatic N) is 3. The SMILES string of the molecule is Fc1ccc(-c2noc([C@H]3CCO[C@@H]3c3cccnc3)n2)cc1. The molecule has 23 heavy (non-hydrogen) atoms. The Bertz CT molecular complexity index is 789. The lowest BCUT2D eigenvalue weighted by Gasteiger charge is -2.14. The summed E-state index contributed by atoms with van der Waals surface area (Å²) in [7, 11) is 0. The second-order valence-electron chi connectivity index (χ2n) is 5.44. The lowest BCUT2D eigenvalue weighted by Crippen LogP contribution is -2.06. The number of pyridine rings is 1. The molecule has 1 aliphatic heterocycles. The van der Waals surface area contributed by atoms with E-state index < -0.39 is 0 Å². The normalized spacial score (nSPS) is 20.7. The first-order valence-electron chi connectivity index (χ1n) is 7.42. The third-order valence-corrected chi connectivity index (χ3v) is 3.97. The molecule has 2 atom stereocenters. The maximum atomic E-state index is 13.0. The Morgan fingerprint density at radius 2 is 2.00 bits per heavy atom. The summed E-state index contributed by atoms with van der Waals surface area (Å²) in [6, 6.07) is 9.88. The van der Waals surface area contributed by atoms with Gasteiger partial charge < -0.3 is 9.26 Å². The second-order valence-corrected chi connectivity index (χ2v) is 5.44. The van der Waals surface area contributed by atoms with Crippen molar-refractivity contribution in [2.75, 3.05) is 6.61 Å². The molecule has 116 valence electrons. The highest BCUT2D eigenvalue weighted by Gasteiger charge is 2.35. The van der Waals surface area contributed by atoms with Crippen LogP contribution in [-0.4, -0.2) is 21.7 Å². The number of ether oxygens (including phenoxy) is 1. The fourth-order valence-electron chi connectivity index (χ4n) is 2.82. The molecule has 4 rings (SSSR count). The monoisotopic (exact) mass is 311 g/mol. The molecule has 0 unspecified atom stereocenters. The van der Waals surface area contributed by atoms with Gasteiger partial charge in [-0.1, -0.05) is 11.2 Å². The summed E-state index contributed by atoms with van der Waals surface area (Å²) in [5.74, 6) is 0.701. The van der Waals surface area contributed by atoms with Crippen LogP contribution in [0.2, 0.25) is 0 Å². The summed E-state index contributed by atoms with van der Waals surface area (Å²) in [6.07, 6.45) is 4.20. The van der Waals surface area contributed by atoms with E-state index in [1.807, 2.05) is 12.1 Å². The number of aromatic nitrogens is 3. The van der Waals surface area contributed by atoms with E-state index in [-0.39, 0.29) is 17.8 Å². The third kappa shape index (κ3) is 2.73. The van der Waals surface area contributed by atoms with Gasteiger partial charge in [-0.15, -0.1) is 0 Å². The van der Waals surface area contributed by atoms with E-state index in [1.54, 1.807) is 24.5 Å². The topological polar surface area (TPSA) is 61.0 Å². The van der Waals surface area contributed by atoms with Crippen molar-refractivity contribution in [2.24, 2.45) is 0 Å².